The number of hydrogen-bond donors (Lipinski definition) is 3. The van der Waals surface area contributed by atoms with Crippen molar-refractivity contribution in [3.05, 3.63) is 64.6 Å². The number of nitrogens with zero attached hydrogens (tertiary/aromatic N) is 2. The number of amides is 3. The van der Waals surface area contributed by atoms with Crippen LogP contribution in [-0.2, 0) is 20.8 Å². The van der Waals surface area contributed by atoms with E-state index in [0.717, 1.165) is 23.0 Å². The quantitative estimate of drug-likeness (QED) is 0.163. The van der Waals surface area contributed by atoms with Gasteiger partial charge in [-0.15, -0.1) is 0 Å². The van der Waals surface area contributed by atoms with Gasteiger partial charge in [0.1, 0.15) is 4.32 Å². The molecule has 0 bridgehead atoms. The summed E-state index contributed by atoms with van der Waals surface area (Å²) in [5.74, 6) is -0.734. The number of carbonyl (C=O) groups is 3. The highest BCUT2D eigenvalue weighted by molar-refractivity contribution is 8.26. The van der Waals surface area contributed by atoms with Gasteiger partial charge in [0, 0.05) is 13.0 Å². The molecule has 0 unspecified atom stereocenters. The summed E-state index contributed by atoms with van der Waals surface area (Å²) in [5.41, 5.74) is 8.72. The molecule has 1 aliphatic heterocycles. The monoisotopic (exact) mass is 539 g/mol. The van der Waals surface area contributed by atoms with Crippen molar-refractivity contribution in [1.29, 1.82) is 0 Å². The van der Waals surface area contributed by atoms with Crippen LogP contribution in [-0.4, -0.2) is 49.2 Å². The van der Waals surface area contributed by atoms with Crippen LogP contribution in [0.3, 0.4) is 0 Å². The third-order valence-electron chi connectivity index (χ3n) is 5.39. The maximum Gasteiger partial charge on any atom is 0.266 e. The third-order valence-corrected chi connectivity index (χ3v) is 7.64. The van der Waals surface area contributed by atoms with Crippen LogP contribution in [0, 0.1) is 0 Å². The lowest BCUT2D eigenvalue weighted by molar-refractivity contribution is -0.128. The van der Waals surface area contributed by atoms with Crippen molar-refractivity contribution < 1.29 is 14.4 Å². The number of aromatic nitrogens is 2. The summed E-state index contributed by atoms with van der Waals surface area (Å²) < 4.78 is 0.479. The molecule has 186 valence electrons. The predicted molar refractivity (Wildman–Crippen MR) is 148 cm³/mol. The molecule has 1 fully saturated rings. The first-order chi connectivity index (χ1) is 17.4. The number of rotatable bonds is 9. The van der Waals surface area contributed by atoms with Crippen LogP contribution in [0.4, 0.5) is 0 Å². The second-order valence-electron chi connectivity index (χ2n) is 7.98. The second kappa shape index (κ2) is 12.2. The number of thioether (sulfide) groups is 2. The van der Waals surface area contributed by atoms with Gasteiger partial charge in [-0.2, -0.15) is 0 Å². The zero-order chi connectivity index (χ0) is 25.5. The molecule has 8 nitrogen and oxygen atoms in total. The molecule has 4 rings (SSSR count). The molecule has 36 heavy (non-hydrogen) atoms. The molecule has 3 amide bonds. The first kappa shape index (κ1) is 25.9. The van der Waals surface area contributed by atoms with Crippen LogP contribution >= 0.6 is 35.7 Å². The predicted octanol–water partition coefficient (Wildman–Crippen LogP) is 4.05. The lowest BCUT2D eigenvalue weighted by Crippen LogP contribution is -2.42. The number of H-pyrrole nitrogens is 1. The Morgan fingerprint density at radius 2 is 1.89 bits per heavy atom. The Morgan fingerprint density at radius 1 is 1.14 bits per heavy atom. The molecular weight excluding hydrogens is 515 g/mol. The van der Waals surface area contributed by atoms with Gasteiger partial charge >= 0.3 is 0 Å². The molecule has 1 aliphatic rings. The molecule has 1 aromatic heterocycles. The molecule has 11 heteroatoms. The largest absolute Gasteiger partial charge is 0.333 e. The maximum atomic E-state index is 12.8. The summed E-state index contributed by atoms with van der Waals surface area (Å²) in [6.45, 7) is 2.43. The Kier molecular flexibility index (Phi) is 8.79. The first-order valence-electron chi connectivity index (χ1n) is 11.4. The van der Waals surface area contributed by atoms with Gasteiger partial charge in [0.2, 0.25) is 11.8 Å². The van der Waals surface area contributed by atoms with Gasteiger partial charge in [0.25, 0.3) is 5.91 Å². The minimum absolute atomic E-state index is 0.101. The number of benzene rings is 2. The average Bonchev–Trinajstić information content (AvgIpc) is 3.42. The van der Waals surface area contributed by atoms with E-state index in [0.29, 0.717) is 27.3 Å². The number of hydrogen-bond acceptors (Lipinski definition) is 7. The van der Waals surface area contributed by atoms with Crippen molar-refractivity contribution in [2.45, 2.75) is 31.3 Å². The average molecular weight is 540 g/mol. The highest BCUT2D eigenvalue weighted by Crippen LogP contribution is 2.32. The SMILES string of the molecule is CCc1ccc(C=C2SC(=S)N(CCCC(=O)NNC(=O)CSc3nc4ccccc4[nH]3)C2=O)cc1. The fourth-order valence-corrected chi connectivity index (χ4v) is 5.45. The Morgan fingerprint density at radius 3 is 2.64 bits per heavy atom. The summed E-state index contributed by atoms with van der Waals surface area (Å²) in [4.78, 5) is 46.6. The zero-order valence-corrected chi connectivity index (χ0v) is 22.0. The first-order valence-corrected chi connectivity index (χ1v) is 13.6. The topological polar surface area (TPSA) is 107 Å². The highest BCUT2D eigenvalue weighted by Gasteiger charge is 2.31. The normalized spacial score (nSPS) is 14.6. The van der Waals surface area contributed by atoms with Gasteiger partial charge in [0.15, 0.2) is 5.16 Å². The maximum absolute atomic E-state index is 12.8. The smallest absolute Gasteiger partial charge is 0.266 e. The number of para-hydroxylation sites is 2. The number of fused-ring (bicyclic) bond motifs is 1. The van der Waals surface area contributed by atoms with E-state index in [4.69, 9.17) is 12.2 Å². The summed E-state index contributed by atoms with van der Waals surface area (Å²) in [7, 11) is 0. The van der Waals surface area contributed by atoms with Gasteiger partial charge in [-0.3, -0.25) is 30.1 Å². The van der Waals surface area contributed by atoms with Gasteiger partial charge in [-0.05, 0) is 42.2 Å². The van der Waals surface area contributed by atoms with E-state index in [1.807, 2.05) is 54.6 Å². The molecule has 0 radical (unpaired) electrons. The second-order valence-corrected chi connectivity index (χ2v) is 10.6. The third kappa shape index (κ3) is 6.74. The van der Waals surface area contributed by atoms with Crippen LogP contribution in [0.5, 0.6) is 0 Å². The van der Waals surface area contributed by atoms with Crippen molar-refractivity contribution in [2.24, 2.45) is 0 Å². The molecule has 3 aromatic rings. The number of thiocarbonyl (C=S) groups is 1. The van der Waals surface area contributed by atoms with Crippen LogP contribution in [0.1, 0.15) is 30.9 Å². The van der Waals surface area contributed by atoms with Crippen molar-refractivity contribution in [3.8, 4) is 0 Å². The van der Waals surface area contributed by atoms with Gasteiger partial charge in [-0.1, -0.05) is 79.1 Å². The molecule has 1 saturated heterocycles. The summed E-state index contributed by atoms with van der Waals surface area (Å²) in [5, 5.41) is 0.633. The molecule has 0 saturated carbocycles. The van der Waals surface area contributed by atoms with Crippen LogP contribution < -0.4 is 10.9 Å². The molecule has 2 aromatic carbocycles. The lowest BCUT2D eigenvalue weighted by Gasteiger charge is -2.14. The van der Waals surface area contributed by atoms with Crippen LogP contribution in [0.2, 0.25) is 0 Å². The van der Waals surface area contributed by atoms with E-state index in [1.54, 1.807) is 0 Å². The van der Waals surface area contributed by atoms with Gasteiger partial charge in [-0.25, -0.2) is 4.98 Å². The van der Waals surface area contributed by atoms with E-state index in [-0.39, 0.29) is 29.9 Å². The van der Waals surface area contributed by atoms with E-state index < -0.39 is 0 Å². The highest BCUT2D eigenvalue weighted by atomic mass is 32.2. The molecule has 0 aliphatic carbocycles. The van der Waals surface area contributed by atoms with Crippen molar-refractivity contribution >= 4 is 74.9 Å². The number of hydrazine groups is 1. The zero-order valence-electron chi connectivity index (χ0n) is 19.6. The van der Waals surface area contributed by atoms with Crippen LogP contribution in [0.15, 0.2) is 58.6 Å². The lowest BCUT2D eigenvalue weighted by atomic mass is 10.1. The number of aromatic amines is 1. The van der Waals surface area contributed by atoms with Gasteiger partial charge < -0.3 is 4.98 Å². The number of nitrogens with one attached hydrogen (secondary N) is 3. The van der Waals surface area contributed by atoms with Crippen molar-refractivity contribution in [3.63, 3.8) is 0 Å². The molecular formula is C25H25N5O3S3. The minimum atomic E-state index is -0.345. The number of imidazole rings is 1. The fraction of sp³-hybridized carbons (Fsp3) is 0.240. The van der Waals surface area contributed by atoms with E-state index >= 15 is 0 Å². The molecule has 2 heterocycles. The summed E-state index contributed by atoms with van der Waals surface area (Å²) >= 11 is 7.88. The van der Waals surface area contributed by atoms with E-state index in [2.05, 4.69) is 27.7 Å². The Labute approximate surface area is 222 Å². The summed E-state index contributed by atoms with van der Waals surface area (Å²) in [6.07, 6.45) is 3.36. The Hall–Kier alpha value is -3.15. The van der Waals surface area contributed by atoms with Crippen molar-refractivity contribution in [2.75, 3.05) is 12.3 Å². The van der Waals surface area contributed by atoms with E-state index in [1.165, 1.54) is 34.0 Å². The van der Waals surface area contributed by atoms with Crippen molar-refractivity contribution in [1.82, 2.24) is 25.7 Å². The van der Waals surface area contributed by atoms with Crippen LogP contribution in [0.25, 0.3) is 17.1 Å². The fourth-order valence-electron chi connectivity index (χ4n) is 3.46. The number of aryl methyl sites for hydroxylation is 1. The molecule has 0 atom stereocenters. The van der Waals surface area contributed by atoms with Gasteiger partial charge in [0.05, 0.1) is 21.7 Å². The Bertz CT molecular complexity index is 1290. The standard InChI is InChI=1S/C25H25N5O3S3/c1-2-16-9-11-17(12-10-16)14-20-23(33)30(25(34)36-20)13-5-8-21(31)28-29-22(32)15-35-24-26-18-6-3-4-7-19(18)27-24/h3-4,6-7,9-12,14H,2,5,8,13,15H2,1H3,(H,26,27)(H,28,31)(H,29,32). The Balaban J connectivity index is 1.17. The van der Waals surface area contributed by atoms with E-state index in [9.17, 15) is 14.4 Å². The minimum Gasteiger partial charge on any atom is -0.333 e. The molecule has 3 N–H and O–H groups in total. The summed E-state index contributed by atoms with van der Waals surface area (Å²) in [6, 6.07) is 15.7. The molecule has 0 spiro atoms. The number of carbonyl (C=O) groups excluding carboxylic acids is 3.